The van der Waals surface area contributed by atoms with Crippen LogP contribution in [-0.2, 0) is 19.6 Å². The summed E-state index contributed by atoms with van der Waals surface area (Å²) in [6.45, 7) is 10.1. The number of carbonyl (C=O) groups is 1. The minimum Gasteiger partial charge on any atom is -0.484 e. The van der Waals surface area contributed by atoms with Crippen LogP contribution in [-0.4, -0.2) is 71.3 Å². The van der Waals surface area contributed by atoms with Gasteiger partial charge in [0.15, 0.2) is 6.61 Å². The van der Waals surface area contributed by atoms with Crippen LogP contribution in [0.3, 0.4) is 0 Å². The summed E-state index contributed by atoms with van der Waals surface area (Å²) in [5, 5.41) is 2.84. The molecule has 158 valence electrons. The van der Waals surface area contributed by atoms with E-state index in [4.69, 9.17) is 9.47 Å². The molecule has 0 bridgehead atoms. The molecule has 1 aliphatic rings. The van der Waals surface area contributed by atoms with Crippen LogP contribution >= 0.6 is 0 Å². The van der Waals surface area contributed by atoms with Crippen LogP contribution in [0.25, 0.3) is 0 Å². The van der Waals surface area contributed by atoms with Crippen LogP contribution in [0.4, 0.5) is 0 Å². The first kappa shape index (κ1) is 22.6. The summed E-state index contributed by atoms with van der Waals surface area (Å²) >= 11 is 0. The second kappa shape index (κ2) is 10.8. The van der Waals surface area contributed by atoms with Crippen LogP contribution < -0.4 is 14.8 Å². The molecular formula is C19H31N3O5S. The van der Waals surface area contributed by atoms with Crippen LogP contribution in [0.2, 0.25) is 0 Å². The molecule has 0 atom stereocenters. The predicted molar refractivity (Wildman–Crippen MR) is 107 cm³/mol. The maximum Gasteiger partial charge on any atom is 0.257 e. The highest BCUT2D eigenvalue weighted by atomic mass is 32.2. The first-order valence-corrected chi connectivity index (χ1v) is 11.1. The molecule has 0 saturated carbocycles. The molecular weight excluding hydrogens is 382 g/mol. The largest absolute Gasteiger partial charge is 0.484 e. The summed E-state index contributed by atoms with van der Waals surface area (Å²) in [5.74, 6) is 0.298. The number of carbonyl (C=O) groups excluding carboxylic acids is 1. The number of hydrogen-bond acceptors (Lipinski definition) is 6. The van der Waals surface area contributed by atoms with Gasteiger partial charge in [-0.25, -0.2) is 13.1 Å². The van der Waals surface area contributed by atoms with Gasteiger partial charge in [0.05, 0.1) is 18.1 Å². The van der Waals surface area contributed by atoms with Gasteiger partial charge in [0.1, 0.15) is 5.75 Å². The molecule has 0 aromatic heterocycles. The van der Waals surface area contributed by atoms with E-state index in [9.17, 15) is 13.2 Å². The fourth-order valence-electron chi connectivity index (χ4n) is 2.88. The molecule has 0 spiro atoms. The lowest BCUT2D eigenvalue weighted by atomic mass is 10.2. The maximum atomic E-state index is 12.2. The molecule has 2 N–H and O–H groups in total. The van der Waals surface area contributed by atoms with Crippen LogP contribution in [0, 0.1) is 6.92 Å². The Morgan fingerprint density at radius 2 is 2.00 bits per heavy atom. The number of hydrogen-bond donors (Lipinski definition) is 2. The number of nitrogens with zero attached hydrogens (tertiary/aromatic N) is 1. The van der Waals surface area contributed by atoms with E-state index in [-0.39, 0.29) is 23.5 Å². The standard InChI is InChI=1S/C19H31N3O5S/c1-15(2)21-28(24,25)17-5-6-18(16(3)13-17)27-14-19(23)20-7-4-8-22-9-11-26-12-10-22/h5-6,13,15,21H,4,7-12,14H2,1-3H3,(H,20,23). The van der Waals surface area contributed by atoms with Crippen LogP contribution in [0.1, 0.15) is 25.8 Å². The first-order chi connectivity index (χ1) is 13.3. The molecule has 1 aromatic rings. The Morgan fingerprint density at radius 1 is 1.29 bits per heavy atom. The van der Waals surface area contributed by atoms with Crippen molar-refractivity contribution >= 4 is 15.9 Å². The maximum absolute atomic E-state index is 12.2. The number of sulfonamides is 1. The number of rotatable bonds is 10. The van der Waals surface area contributed by atoms with Crippen molar-refractivity contribution in [1.29, 1.82) is 0 Å². The molecule has 1 aliphatic heterocycles. The van der Waals surface area contributed by atoms with Crippen molar-refractivity contribution in [3.63, 3.8) is 0 Å². The minimum absolute atomic E-state index is 0.102. The van der Waals surface area contributed by atoms with E-state index in [0.717, 1.165) is 39.3 Å². The van der Waals surface area contributed by atoms with Gasteiger partial charge in [-0.15, -0.1) is 0 Å². The highest BCUT2D eigenvalue weighted by Gasteiger charge is 2.17. The van der Waals surface area contributed by atoms with Gasteiger partial charge in [-0.2, -0.15) is 0 Å². The number of morpholine rings is 1. The fourth-order valence-corrected chi connectivity index (χ4v) is 4.21. The third-order valence-electron chi connectivity index (χ3n) is 4.28. The van der Waals surface area contributed by atoms with Crippen LogP contribution in [0.15, 0.2) is 23.1 Å². The molecule has 28 heavy (non-hydrogen) atoms. The zero-order chi connectivity index (χ0) is 20.6. The molecule has 1 amide bonds. The van der Waals surface area contributed by atoms with Gasteiger partial charge in [-0.3, -0.25) is 9.69 Å². The van der Waals surface area contributed by atoms with Crippen molar-refractivity contribution in [2.45, 2.75) is 38.1 Å². The topological polar surface area (TPSA) is 97.0 Å². The van der Waals surface area contributed by atoms with Gasteiger partial charge >= 0.3 is 0 Å². The number of aryl methyl sites for hydroxylation is 1. The van der Waals surface area contributed by atoms with E-state index < -0.39 is 10.0 Å². The number of benzene rings is 1. The Hall–Kier alpha value is -1.68. The van der Waals surface area contributed by atoms with Crippen molar-refractivity contribution in [2.24, 2.45) is 0 Å². The van der Waals surface area contributed by atoms with E-state index in [1.807, 2.05) is 0 Å². The number of amides is 1. The molecule has 0 aliphatic carbocycles. The number of ether oxygens (including phenoxy) is 2. The highest BCUT2D eigenvalue weighted by molar-refractivity contribution is 7.89. The zero-order valence-corrected chi connectivity index (χ0v) is 17.7. The summed E-state index contributed by atoms with van der Waals surface area (Å²) in [4.78, 5) is 14.4. The summed E-state index contributed by atoms with van der Waals surface area (Å²) in [6.07, 6.45) is 0.875. The summed E-state index contributed by atoms with van der Waals surface area (Å²) in [7, 11) is -3.55. The Balaban J connectivity index is 1.75. The van der Waals surface area contributed by atoms with Crippen LogP contribution in [0.5, 0.6) is 5.75 Å². The number of nitrogens with one attached hydrogen (secondary N) is 2. The molecule has 8 nitrogen and oxygen atoms in total. The molecule has 1 aromatic carbocycles. The van der Waals surface area contributed by atoms with Gasteiger partial charge in [0, 0.05) is 25.7 Å². The zero-order valence-electron chi connectivity index (χ0n) is 16.9. The van der Waals surface area contributed by atoms with E-state index in [1.165, 1.54) is 6.07 Å². The quantitative estimate of drug-likeness (QED) is 0.553. The molecule has 1 fully saturated rings. The molecule has 0 radical (unpaired) electrons. The van der Waals surface area contributed by atoms with Crippen molar-refractivity contribution in [3.05, 3.63) is 23.8 Å². The second-order valence-electron chi connectivity index (χ2n) is 7.15. The highest BCUT2D eigenvalue weighted by Crippen LogP contribution is 2.22. The first-order valence-electron chi connectivity index (χ1n) is 9.60. The van der Waals surface area contributed by atoms with Gasteiger partial charge < -0.3 is 14.8 Å². The SMILES string of the molecule is Cc1cc(S(=O)(=O)NC(C)C)ccc1OCC(=O)NCCCN1CCOCC1. The van der Waals surface area contributed by atoms with Gasteiger partial charge in [-0.1, -0.05) is 0 Å². The van der Waals surface area contributed by atoms with Crippen molar-refractivity contribution in [3.8, 4) is 5.75 Å². The Bertz CT molecular complexity index is 746. The van der Waals surface area contributed by atoms with Crippen molar-refractivity contribution < 1.29 is 22.7 Å². The summed E-state index contributed by atoms with van der Waals surface area (Å²) < 4.78 is 37.8. The molecule has 0 unspecified atom stereocenters. The molecule has 2 rings (SSSR count). The third-order valence-corrected chi connectivity index (χ3v) is 5.94. The van der Waals surface area contributed by atoms with Gasteiger partial charge in [0.2, 0.25) is 10.0 Å². The predicted octanol–water partition coefficient (Wildman–Crippen LogP) is 0.899. The average molecular weight is 414 g/mol. The summed E-state index contributed by atoms with van der Waals surface area (Å²) in [6, 6.07) is 4.41. The molecule has 1 heterocycles. The lowest BCUT2D eigenvalue weighted by Crippen LogP contribution is -2.38. The van der Waals surface area contributed by atoms with E-state index >= 15 is 0 Å². The second-order valence-corrected chi connectivity index (χ2v) is 8.86. The lowest BCUT2D eigenvalue weighted by molar-refractivity contribution is -0.123. The smallest absolute Gasteiger partial charge is 0.257 e. The normalized spacial score (nSPS) is 15.6. The fraction of sp³-hybridized carbons (Fsp3) is 0.632. The van der Waals surface area contributed by atoms with E-state index in [1.54, 1.807) is 32.9 Å². The van der Waals surface area contributed by atoms with Gasteiger partial charge in [-0.05, 0) is 57.5 Å². The van der Waals surface area contributed by atoms with Crippen molar-refractivity contribution in [1.82, 2.24) is 14.9 Å². The Morgan fingerprint density at radius 3 is 2.64 bits per heavy atom. The monoisotopic (exact) mass is 413 g/mol. The average Bonchev–Trinajstić information content (AvgIpc) is 2.64. The Kier molecular flexibility index (Phi) is 8.68. The lowest BCUT2D eigenvalue weighted by Gasteiger charge is -2.26. The third kappa shape index (κ3) is 7.38. The summed E-state index contributed by atoms with van der Waals surface area (Å²) in [5.41, 5.74) is 0.659. The Labute approximate surface area is 167 Å². The minimum atomic E-state index is -3.55. The molecule has 1 saturated heterocycles. The van der Waals surface area contributed by atoms with E-state index in [0.29, 0.717) is 17.9 Å². The van der Waals surface area contributed by atoms with Gasteiger partial charge in [0.25, 0.3) is 5.91 Å². The van der Waals surface area contributed by atoms with Crippen molar-refractivity contribution in [2.75, 3.05) is 46.0 Å². The van der Waals surface area contributed by atoms with E-state index in [2.05, 4.69) is 14.9 Å². The molecule has 9 heteroatoms.